The predicted molar refractivity (Wildman–Crippen MR) is 125 cm³/mol. The van der Waals surface area contributed by atoms with Crippen molar-refractivity contribution in [3.63, 3.8) is 0 Å². The number of ether oxygens (including phenoxy) is 1. The van der Waals surface area contributed by atoms with Gasteiger partial charge in [-0.05, 0) is 73.2 Å². The zero-order chi connectivity index (χ0) is 22.2. The number of nitrogens with one attached hydrogen (secondary N) is 2. The van der Waals surface area contributed by atoms with Crippen LogP contribution >= 0.6 is 11.6 Å². The van der Waals surface area contributed by atoms with Crippen LogP contribution in [-0.2, 0) is 11.4 Å². The van der Waals surface area contributed by atoms with E-state index in [2.05, 4.69) is 47.3 Å². The number of carbonyl (C=O) groups is 1. The van der Waals surface area contributed by atoms with Crippen LogP contribution in [-0.4, -0.2) is 18.4 Å². The Balaban J connectivity index is 0.000000628. The number of aromatic nitrogens is 1. The lowest BCUT2D eigenvalue weighted by atomic mass is 10.0. The van der Waals surface area contributed by atoms with Gasteiger partial charge in [-0.15, -0.1) is 0 Å². The molecule has 0 spiro atoms. The van der Waals surface area contributed by atoms with E-state index in [4.69, 9.17) is 21.1 Å². The Morgan fingerprint density at radius 3 is 2.58 bits per heavy atom. The number of halogens is 1. The van der Waals surface area contributed by atoms with Crippen LogP contribution in [0.25, 0.3) is 11.3 Å². The third-order valence-electron chi connectivity index (χ3n) is 5.14. The molecule has 1 aliphatic carbocycles. The molecular weight excluding hydrogens is 412 g/mol. The molecule has 0 atom stereocenters. The maximum Gasteiger partial charge on any atom is 0.221 e. The fourth-order valence-corrected chi connectivity index (χ4v) is 3.56. The van der Waals surface area contributed by atoms with Crippen molar-refractivity contribution in [2.75, 3.05) is 12.4 Å². The van der Waals surface area contributed by atoms with Gasteiger partial charge in [-0.3, -0.25) is 15.2 Å². The largest absolute Gasteiger partial charge is 0.489 e. The molecule has 7 heteroatoms. The van der Waals surface area contributed by atoms with Crippen LogP contribution in [0.15, 0.2) is 54.7 Å². The van der Waals surface area contributed by atoms with Gasteiger partial charge in [-0.2, -0.15) is 0 Å². The quantitative estimate of drug-likeness (QED) is 0.213. The van der Waals surface area contributed by atoms with E-state index in [9.17, 15) is 0 Å². The van der Waals surface area contributed by atoms with Gasteiger partial charge in [0.15, 0.2) is 0 Å². The molecule has 162 valence electrons. The van der Waals surface area contributed by atoms with Crippen LogP contribution in [0.4, 0.5) is 5.69 Å². The fourth-order valence-electron chi connectivity index (χ4n) is 3.44. The van der Waals surface area contributed by atoms with E-state index >= 15 is 0 Å². The molecule has 0 saturated heterocycles. The number of hydrazine groups is 1. The van der Waals surface area contributed by atoms with Gasteiger partial charge in [0.1, 0.15) is 12.4 Å². The second-order valence-corrected chi connectivity index (χ2v) is 7.75. The van der Waals surface area contributed by atoms with E-state index in [-0.39, 0.29) is 0 Å². The normalized spacial score (nSPS) is 12.4. The molecule has 4 rings (SSSR count). The van der Waals surface area contributed by atoms with Crippen LogP contribution < -0.4 is 21.3 Å². The van der Waals surface area contributed by atoms with Gasteiger partial charge < -0.3 is 10.1 Å². The molecule has 1 amide bonds. The number of aryl methyl sites for hydroxylation is 1. The number of nitrogens with zero attached hydrogens (tertiary/aromatic N) is 1. The van der Waals surface area contributed by atoms with Crippen molar-refractivity contribution in [2.45, 2.75) is 32.3 Å². The van der Waals surface area contributed by atoms with Gasteiger partial charge in [-0.1, -0.05) is 23.7 Å². The highest BCUT2D eigenvalue weighted by atomic mass is 35.5. The van der Waals surface area contributed by atoms with E-state index in [1.165, 1.54) is 24.0 Å². The predicted octanol–water partition coefficient (Wildman–Crippen LogP) is 4.81. The minimum absolute atomic E-state index is 0.403. The Labute approximate surface area is 187 Å². The van der Waals surface area contributed by atoms with Crippen molar-refractivity contribution >= 4 is 23.7 Å². The van der Waals surface area contributed by atoms with Gasteiger partial charge in [0, 0.05) is 30.1 Å². The first kappa shape index (κ1) is 22.6. The summed E-state index contributed by atoms with van der Waals surface area (Å²) in [7, 11) is 1.97. The summed E-state index contributed by atoms with van der Waals surface area (Å²) in [5, 5.41) is 3.95. The Bertz CT molecular complexity index is 1020. The van der Waals surface area contributed by atoms with E-state index in [0.29, 0.717) is 24.0 Å². The summed E-state index contributed by atoms with van der Waals surface area (Å²) in [6.45, 7) is 2.64. The fraction of sp³-hybridized carbons (Fsp3) is 0.250. The van der Waals surface area contributed by atoms with Crippen molar-refractivity contribution in [1.82, 2.24) is 10.4 Å². The smallest absolute Gasteiger partial charge is 0.221 e. The standard InChI is InChI=1S/C23H23ClN2O.CH4N2O/c1-15-12-17(21-10-9-18(24)13-26-21)8-11-23(15)27-14-20-19(16-6-7-16)4-3-5-22(20)25-2;2-3-1-4/h3-5,8-13,16,25H,6-7,14H2,1-2H3;1H,2H2,(H,3,4). The average Bonchev–Trinajstić information content (AvgIpc) is 3.64. The van der Waals surface area contributed by atoms with E-state index in [1.807, 2.05) is 31.3 Å². The average molecular weight is 439 g/mol. The van der Waals surface area contributed by atoms with Crippen LogP contribution in [0.1, 0.15) is 35.4 Å². The Morgan fingerprint density at radius 1 is 1.23 bits per heavy atom. The Hall–Kier alpha value is -3.09. The van der Waals surface area contributed by atoms with Crippen LogP contribution in [0.3, 0.4) is 0 Å². The summed E-state index contributed by atoms with van der Waals surface area (Å²) in [4.78, 5) is 13.3. The molecule has 2 aromatic carbocycles. The molecule has 0 radical (unpaired) electrons. The SMILES string of the molecule is CNc1cccc(C2CC2)c1COc1ccc(-c2ccc(Cl)cn2)cc1C.NNC=O. The molecule has 1 heterocycles. The van der Waals surface area contributed by atoms with E-state index < -0.39 is 0 Å². The number of pyridine rings is 1. The molecule has 0 bridgehead atoms. The maximum absolute atomic E-state index is 8.94. The topological polar surface area (TPSA) is 89.3 Å². The van der Waals surface area contributed by atoms with Gasteiger partial charge in [-0.25, -0.2) is 5.84 Å². The third kappa shape index (κ3) is 5.96. The monoisotopic (exact) mass is 438 g/mol. The van der Waals surface area contributed by atoms with E-state index in [1.54, 1.807) is 11.6 Å². The summed E-state index contributed by atoms with van der Waals surface area (Å²) in [5.74, 6) is 6.00. The van der Waals surface area contributed by atoms with Gasteiger partial charge in [0.2, 0.25) is 6.41 Å². The van der Waals surface area contributed by atoms with Crippen molar-refractivity contribution in [2.24, 2.45) is 5.84 Å². The number of carbonyl (C=O) groups excluding carboxylic acids is 1. The Kier molecular flexibility index (Phi) is 7.87. The number of anilines is 1. The first-order valence-electron chi connectivity index (χ1n) is 10.1. The molecule has 1 saturated carbocycles. The lowest BCUT2D eigenvalue weighted by Crippen LogP contribution is -2.18. The molecule has 6 nitrogen and oxygen atoms in total. The summed E-state index contributed by atoms with van der Waals surface area (Å²) in [6, 6.07) is 16.5. The maximum atomic E-state index is 8.94. The minimum Gasteiger partial charge on any atom is -0.489 e. The van der Waals surface area contributed by atoms with Gasteiger partial charge in [0.25, 0.3) is 0 Å². The second kappa shape index (κ2) is 10.8. The highest BCUT2D eigenvalue weighted by Gasteiger charge is 2.27. The van der Waals surface area contributed by atoms with Crippen molar-refractivity contribution in [1.29, 1.82) is 0 Å². The summed E-state index contributed by atoms with van der Waals surface area (Å²) >= 11 is 5.93. The summed E-state index contributed by atoms with van der Waals surface area (Å²) < 4.78 is 6.21. The summed E-state index contributed by atoms with van der Waals surface area (Å²) in [5.41, 5.74) is 8.65. The zero-order valence-corrected chi connectivity index (χ0v) is 18.4. The molecule has 0 unspecified atom stereocenters. The van der Waals surface area contributed by atoms with Crippen molar-refractivity contribution < 1.29 is 9.53 Å². The number of hydrogen-bond donors (Lipinski definition) is 3. The number of nitrogens with two attached hydrogens (primary N) is 1. The number of hydrogen-bond acceptors (Lipinski definition) is 5. The first-order valence-corrected chi connectivity index (χ1v) is 10.5. The van der Waals surface area contributed by atoms with Gasteiger partial charge >= 0.3 is 0 Å². The van der Waals surface area contributed by atoms with Gasteiger partial charge in [0.05, 0.1) is 10.7 Å². The lowest BCUT2D eigenvalue weighted by Gasteiger charge is -2.16. The molecule has 3 aromatic rings. The molecule has 1 aliphatic rings. The molecule has 0 aliphatic heterocycles. The first-order chi connectivity index (χ1) is 15.1. The lowest BCUT2D eigenvalue weighted by molar-refractivity contribution is -0.109. The molecule has 1 fully saturated rings. The highest BCUT2D eigenvalue weighted by molar-refractivity contribution is 6.30. The Morgan fingerprint density at radius 2 is 2.00 bits per heavy atom. The second-order valence-electron chi connectivity index (χ2n) is 7.31. The van der Waals surface area contributed by atoms with E-state index in [0.717, 1.165) is 28.3 Å². The molecular formula is C24H27ClN4O2. The van der Waals surface area contributed by atoms with Crippen LogP contribution in [0.2, 0.25) is 5.02 Å². The number of rotatable bonds is 7. The zero-order valence-electron chi connectivity index (χ0n) is 17.7. The highest BCUT2D eigenvalue weighted by Crippen LogP contribution is 2.43. The molecule has 4 N–H and O–H groups in total. The summed E-state index contributed by atoms with van der Waals surface area (Å²) in [6.07, 6.45) is 4.63. The molecule has 31 heavy (non-hydrogen) atoms. The van der Waals surface area contributed by atoms with Crippen molar-refractivity contribution in [3.05, 3.63) is 76.4 Å². The molecule has 1 aromatic heterocycles. The number of amides is 1. The minimum atomic E-state index is 0.403. The van der Waals surface area contributed by atoms with Crippen molar-refractivity contribution in [3.8, 4) is 17.0 Å². The number of benzene rings is 2. The van der Waals surface area contributed by atoms with Crippen LogP contribution in [0.5, 0.6) is 5.75 Å². The third-order valence-corrected chi connectivity index (χ3v) is 5.36. The van der Waals surface area contributed by atoms with Crippen LogP contribution in [0, 0.1) is 6.92 Å².